The van der Waals surface area contributed by atoms with Gasteiger partial charge < -0.3 is 9.30 Å². The second-order valence-corrected chi connectivity index (χ2v) is 8.27. The maximum atomic E-state index is 9.73. The number of benzene rings is 3. The zero-order valence-corrected chi connectivity index (χ0v) is 19.7. The van der Waals surface area contributed by atoms with Crippen LogP contribution in [0.25, 0.3) is 17.3 Å². The van der Waals surface area contributed by atoms with Crippen molar-refractivity contribution < 1.29 is 4.74 Å². The van der Waals surface area contributed by atoms with Crippen LogP contribution < -0.4 is 4.74 Å². The Labute approximate surface area is 204 Å². The largest absolute Gasteiger partial charge is 0.489 e. The Kier molecular flexibility index (Phi) is 6.83. The van der Waals surface area contributed by atoms with Gasteiger partial charge in [0.05, 0.1) is 23.3 Å². The van der Waals surface area contributed by atoms with Crippen molar-refractivity contribution in [3.05, 3.63) is 118 Å². The van der Waals surface area contributed by atoms with Crippen LogP contribution in [0.3, 0.4) is 0 Å². The van der Waals surface area contributed by atoms with Gasteiger partial charge in [-0.3, -0.25) is 0 Å². The lowest BCUT2D eigenvalue weighted by atomic mass is 10.0. The van der Waals surface area contributed by atoms with Crippen LogP contribution in [0.2, 0.25) is 5.02 Å². The van der Waals surface area contributed by atoms with Crippen LogP contribution in [-0.4, -0.2) is 4.57 Å². The highest BCUT2D eigenvalue weighted by molar-refractivity contribution is 6.32. The molecule has 4 nitrogen and oxygen atoms in total. The fraction of sp³-hybridized carbons (Fsp3) is 0.103. The van der Waals surface area contributed by atoms with Gasteiger partial charge in [0.25, 0.3) is 0 Å². The first-order valence-corrected chi connectivity index (χ1v) is 11.2. The normalized spacial score (nSPS) is 11.0. The minimum Gasteiger partial charge on any atom is -0.489 e. The molecule has 0 saturated heterocycles. The van der Waals surface area contributed by atoms with E-state index in [1.807, 2.05) is 80.6 Å². The highest BCUT2D eigenvalue weighted by Crippen LogP contribution is 2.29. The molecular formula is C29H22ClN3O. The number of halogens is 1. The molecule has 1 heterocycles. The standard InChI is InChI=1S/C29H22ClN3O/c1-20-15-24(16-25(18-32)28-9-5-6-10-29(28)30)21(2)33(20)26-11-13-27(14-12-26)34-19-23-8-4-3-7-22(23)17-31/h3-16H,19H2,1-2H3. The van der Waals surface area contributed by atoms with Crippen molar-refractivity contribution in [2.45, 2.75) is 20.5 Å². The van der Waals surface area contributed by atoms with Gasteiger partial charge in [-0.2, -0.15) is 10.5 Å². The molecule has 3 aromatic carbocycles. The molecule has 166 valence electrons. The first-order valence-electron chi connectivity index (χ1n) is 10.8. The van der Waals surface area contributed by atoms with Crippen LogP contribution >= 0.6 is 11.6 Å². The van der Waals surface area contributed by atoms with E-state index in [2.05, 4.69) is 22.8 Å². The molecule has 0 N–H and O–H groups in total. The van der Waals surface area contributed by atoms with Gasteiger partial charge in [-0.1, -0.05) is 48.0 Å². The molecule has 0 aliphatic heterocycles. The molecule has 0 bridgehead atoms. The number of ether oxygens (including phenoxy) is 1. The molecule has 0 radical (unpaired) electrons. The number of hydrogen-bond acceptors (Lipinski definition) is 3. The smallest absolute Gasteiger partial charge is 0.119 e. The topological polar surface area (TPSA) is 61.7 Å². The summed E-state index contributed by atoms with van der Waals surface area (Å²) in [4.78, 5) is 0. The monoisotopic (exact) mass is 463 g/mol. The fourth-order valence-electron chi connectivity index (χ4n) is 3.94. The first kappa shape index (κ1) is 22.9. The lowest BCUT2D eigenvalue weighted by Crippen LogP contribution is -2.01. The van der Waals surface area contributed by atoms with Gasteiger partial charge in [-0.25, -0.2) is 0 Å². The second kappa shape index (κ2) is 10.1. The summed E-state index contributed by atoms with van der Waals surface area (Å²) in [6.45, 7) is 4.40. The Morgan fingerprint density at radius 2 is 1.68 bits per heavy atom. The van der Waals surface area contributed by atoms with Crippen LogP contribution in [0.5, 0.6) is 5.75 Å². The van der Waals surface area contributed by atoms with Gasteiger partial charge in [0.1, 0.15) is 12.4 Å². The van der Waals surface area contributed by atoms with Crippen molar-refractivity contribution in [3.8, 4) is 23.6 Å². The summed E-state index contributed by atoms with van der Waals surface area (Å²) in [6, 6.07) is 29.2. The zero-order valence-electron chi connectivity index (χ0n) is 18.9. The molecule has 0 amide bonds. The van der Waals surface area contributed by atoms with Gasteiger partial charge >= 0.3 is 0 Å². The maximum absolute atomic E-state index is 9.73. The molecular weight excluding hydrogens is 442 g/mol. The third-order valence-electron chi connectivity index (χ3n) is 5.68. The van der Waals surface area contributed by atoms with E-state index < -0.39 is 0 Å². The van der Waals surface area contributed by atoms with Crippen molar-refractivity contribution in [2.24, 2.45) is 0 Å². The van der Waals surface area contributed by atoms with E-state index in [0.717, 1.165) is 39.5 Å². The van der Waals surface area contributed by atoms with E-state index in [-0.39, 0.29) is 0 Å². The number of hydrogen-bond donors (Lipinski definition) is 0. The molecule has 0 saturated carbocycles. The Morgan fingerprint density at radius 1 is 0.971 bits per heavy atom. The maximum Gasteiger partial charge on any atom is 0.119 e. The van der Waals surface area contributed by atoms with Crippen LogP contribution in [0, 0.1) is 36.5 Å². The molecule has 1 aromatic heterocycles. The molecule has 4 rings (SSSR count). The van der Waals surface area contributed by atoms with E-state index in [1.54, 1.807) is 12.1 Å². The Bertz CT molecular complexity index is 1450. The molecule has 0 unspecified atom stereocenters. The summed E-state index contributed by atoms with van der Waals surface area (Å²) >= 11 is 6.31. The molecule has 0 aliphatic carbocycles. The van der Waals surface area contributed by atoms with E-state index >= 15 is 0 Å². The highest BCUT2D eigenvalue weighted by Gasteiger charge is 2.12. The molecule has 5 heteroatoms. The number of allylic oxidation sites excluding steroid dienone is 1. The van der Waals surface area contributed by atoms with E-state index in [1.165, 1.54) is 0 Å². The van der Waals surface area contributed by atoms with Gasteiger partial charge in [-0.15, -0.1) is 0 Å². The Balaban J connectivity index is 1.58. The molecule has 0 aliphatic rings. The molecule has 0 atom stereocenters. The summed E-state index contributed by atoms with van der Waals surface area (Å²) in [5.74, 6) is 0.726. The van der Waals surface area contributed by atoms with Crippen molar-refractivity contribution in [3.63, 3.8) is 0 Å². The third-order valence-corrected chi connectivity index (χ3v) is 6.01. The minimum absolute atomic E-state index is 0.332. The van der Waals surface area contributed by atoms with E-state index in [4.69, 9.17) is 16.3 Å². The number of aromatic nitrogens is 1. The van der Waals surface area contributed by atoms with Crippen LogP contribution in [0.1, 0.15) is 33.6 Å². The van der Waals surface area contributed by atoms with Crippen molar-refractivity contribution in [2.75, 3.05) is 0 Å². The van der Waals surface area contributed by atoms with Crippen molar-refractivity contribution in [1.82, 2.24) is 4.57 Å². The number of nitriles is 2. The minimum atomic E-state index is 0.332. The van der Waals surface area contributed by atoms with Crippen LogP contribution in [0.4, 0.5) is 0 Å². The van der Waals surface area contributed by atoms with Gasteiger partial charge in [0, 0.05) is 33.2 Å². The molecule has 0 spiro atoms. The Morgan fingerprint density at radius 3 is 2.38 bits per heavy atom. The highest BCUT2D eigenvalue weighted by atomic mass is 35.5. The van der Waals surface area contributed by atoms with Crippen LogP contribution in [0.15, 0.2) is 78.9 Å². The van der Waals surface area contributed by atoms with E-state index in [0.29, 0.717) is 22.8 Å². The molecule has 4 aromatic rings. The average Bonchev–Trinajstić information content (AvgIpc) is 3.14. The summed E-state index contributed by atoms with van der Waals surface area (Å²) in [6.07, 6.45) is 1.88. The number of nitrogens with zero attached hydrogens (tertiary/aromatic N) is 3. The average molecular weight is 464 g/mol. The summed E-state index contributed by atoms with van der Waals surface area (Å²) < 4.78 is 8.04. The molecule has 34 heavy (non-hydrogen) atoms. The SMILES string of the molecule is Cc1cc(C=C(C#N)c2ccccc2Cl)c(C)n1-c1ccc(OCc2ccccc2C#N)cc1. The summed E-state index contributed by atoms with van der Waals surface area (Å²) in [7, 11) is 0. The third kappa shape index (κ3) is 4.74. The number of rotatable bonds is 6. The second-order valence-electron chi connectivity index (χ2n) is 7.86. The van der Waals surface area contributed by atoms with Crippen molar-refractivity contribution in [1.29, 1.82) is 10.5 Å². The first-order chi connectivity index (χ1) is 16.5. The molecule has 0 fully saturated rings. The fourth-order valence-corrected chi connectivity index (χ4v) is 4.18. The quantitative estimate of drug-likeness (QED) is 0.282. The number of aryl methyl sites for hydroxylation is 1. The van der Waals surface area contributed by atoms with Gasteiger partial charge in [-0.05, 0) is 68.0 Å². The van der Waals surface area contributed by atoms with Crippen LogP contribution in [-0.2, 0) is 6.61 Å². The lowest BCUT2D eigenvalue weighted by molar-refractivity contribution is 0.306. The van der Waals surface area contributed by atoms with Gasteiger partial charge in [0.15, 0.2) is 0 Å². The Hall–Kier alpha value is -4.25. The predicted octanol–water partition coefficient (Wildman–Crippen LogP) is 7.26. The van der Waals surface area contributed by atoms with Crippen molar-refractivity contribution >= 4 is 23.3 Å². The van der Waals surface area contributed by atoms with E-state index in [9.17, 15) is 10.5 Å². The van der Waals surface area contributed by atoms with Gasteiger partial charge in [0.2, 0.25) is 0 Å². The summed E-state index contributed by atoms with van der Waals surface area (Å²) in [5, 5.41) is 19.5. The lowest BCUT2D eigenvalue weighted by Gasteiger charge is -2.12. The predicted molar refractivity (Wildman–Crippen MR) is 136 cm³/mol. The zero-order chi connectivity index (χ0) is 24.1. The summed E-state index contributed by atoms with van der Waals surface area (Å²) in [5.41, 5.74) is 6.74.